The lowest BCUT2D eigenvalue weighted by Gasteiger charge is -2.52. The van der Waals surface area contributed by atoms with Crippen LogP contribution < -0.4 is 26.6 Å². The minimum Gasteiger partial charge on any atom is -0.394 e. The molecule has 0 bridgehead atoms. The lowest BCUT2D eigenvalue weighted by molar-refractivity contribution is -0.407. The highest BCUT2D eigenvalue weighted by Gasteiger charge is 2.60. The third-order valence-corrected chi connectivity index (χ3v) is 18.3. The quantitative estimate of drug-likeness (QED) is 0.0306. The summed E-state index contributed by atoms with van der Waals surface area (Å²) in [6.07, 6.45) is -73.2. The van der Waals surface area contributed by atoms with Crippen LogP contribution in [0.25, 0.3) is 0 Å². The molecular formula is C58H99N5O41. The number of rotatable bonds is 31. The van der Waals surface area contributed by atoms with Gasteiger partial charge in [0.1, 0.15) is 189 Å². The van der Waals surface area contributed by atoms with Gasteiger partial charge in [0.25, 0.3) is 0 Å². The van der Waals surface area contributed by atoms with Gasteiger partial charge in [-0.3, -0.25) is 24.0 Å². The fraction of sp³-hybridized carbons (Fsp3) is 0.914. The molecule has 0 unspecified atom stereocenters. The summed E-state index contributed by atoms with van der Waals surface area (Å²) in [6, 6.07) is -9.23. The van der Waals surface area contributed by atoms with E-state index in [4.69, 9.17) is 66.3 Å². The van der Waals surface area contributed by atoms with Crippen LogP contribution in [-0.4, -0.2) is 440 Å². The number of ether oxygens (including phenoxy) is 14. The summed E-state index contributed by atoms with van der Waals surface area (Å²) in [4.78, 5) is 63.2. The molecule has 0 saturated carbocycles. The molecule has 27 N–H and O–H groups in total. The number of hydrogen-bond donors (Lipinski definition) is 27. The van der Waals surface area contributed by atoms with Gasteiger partial charge in [0, 0.05) is 34.6 Å². The summed E-state index contributed by atoms with van der Waals surface area (Å²) >= 11 is 0. The summed E-state index contributed by atoms with van der Waals surface area (Å²) in [5.41, 5.74) is 0. The van der Waals surface area contributed by atoms with Crippen molar-refractivity contribution in [2.24, 2.45) is 0 Å². The Hall–Kier alpha value is -4.09. The lowest BCUT2D eigenvalue weighted by Crippen LogP contribution is -2.71. The van der Waals surface area contributed by atoms with Crippen molar-refractivity contribution in [3.8, 4) is 0 Å². The first-order valence-corrected chi connectivity index (χ1v) is 33.0. The molecule has 0 spiro atoms. The molecule has 7 rings (SSSR count). The summed E-state index contributed by atoms with van der Waals surface area (Å²) in [7, 11) is 0. The summed E-state index contributed by atoms with van der Waals surface area (Å²) in [6.45, 7) is -5.44. The van der Waals surface area contributed by atoms with E-state index in [1.165, 1.54) is 0 Å². The average molecular weight is 1520 g/mol. The van der Waals surface area contributed by atoms with Gasteiger partial charge in [0.2, 0.25) is 29.5 Å². The Morgan fingerprint density at radius 2 is 0.654 bits per heavy atom. The zero-order valence-electron chi connectivity index (χ0n) is 56.5. The predicted molar refractivity (Wildman–Crippen MR) is 325 cm³/mol. The van der Waals surface area contributed by atoms with Gasteiger partial charge < -0.3 is 205 Å². The first kappa shape index (κ1) is 87.1. The largest absolute Gasteiger partial charge is 0.394 e. The zero-order chi connectivity index (χ0) is 77.2. The molecule has 0 aromatic carbocycles. The second kappa shape index (κ2) is 39.0. The second-order valence-electron chi connectivity index (χ2n) is 25.9. The third kappa shape index (κ3) is 20.3. The van der Waals surface area contributed by atoms with Crippen LogP contribution in [0.3, 0.4) is 0 Å². The molecule has 7 fully saturated rings. The summed E-state index contributed by atoms with van der Waals surface area (Å²) in [5.74, 6) is -4.52. The van der Waals surface area contributed by atoms with E-state index in [9.17, 15) is 136 Å². The normalized spacial score (nSPS) is 44.0. The van der Waals surface area contributed by atoms with Crippen LogP contribution in [-0.2, 0) is 90.3 Å². The van der Waals surface area contributed by atoms with Crippen LogP contribution in [0.2, 0.25) is 0 Å². The smallest absolute Gasteiger partial charge is 0.217 e. The van der Waals surface area contributed by atoms with Gasteiger partial charge in [-0.1, -0.05) is 0 Å². The minimum atomic E-state index is -2.67. The van der Waals surface area contributed by atoms with E-state index in [-0.39, 0.29) is 0 Å². The van der Waals surface area contributed by atoms with Crippen LogP contribution >= 0.6 is 0 Å². The second-order valence-corrected chi connectivity index (χ2v) is 25.9. The van der Waals surface area contributed by atoms with Gasteiger partial charge in [-0.2, -0.15) is 0 Å². The number of carbonyl (C=O) groups is 5. The van der Waals surface area contributed by atoms with Gasteiger partial charge in [-0.25, -0.2) is 0 Å². The number of hydrogen-bond acceptors (Lipinski definition) is 41. The molecule has 46 heteroatoms. The van der Waals surface area contributed by atoms with Crippen molar-refractivity contribution in [3.05, 3.63) is 0 Å². The van der Waals surface area contributed by atoms with Crippen LogP contribution in [0.15, 0.2) is 0 Å². The highest BCUT2D eigenvalue weighted by molar-refractivity contribution is 5.75. The monoisotopic (exact) mass is 1520 g/mol. The average Bonchev–Trinajstić information content (AvgIpc) is 0.759. The Morgan fingerprint density at radius 1 is 0.327 bits per heavy atom. The van der Waals surface area contributed by atoms with E-state index in [0.717, 1.165) is 34.6 Å². The van der Waals surface area contributed by atoms with Crippen molar-refractivity contribution in [2.75, 3.05) is 59.5 Å². The van der Waals surface area contributed by atoms with Gasteiger partial charge in [-0.05, 0) is 0 Å². The molecule has 7 heterocycles. The number of amides is 5. The molecule has 0 aliphatic carbocycles. The first-order chi connectivity index (χ1) is 49.1. The van der Waals surface area contributed by atoms with Gasteiger partial charge in [-0.15, -0.1) is 0 Å². The molecule has 5 amide bonds. The van der Waals surface area contributed by atoms with Crippen molar-refractivity contribution in [1.82, 2.24) is 26.6 Å². The van der Waals surface area contributed by atoms with Crippen molar-refractivity contribution in [1.29, 1.82) is 0 Å². The zero-order valence-corrected chi connectivity index (χ0v) is 56.5. The third-order valence-electron chi connectivity index (χ3n) is 18.3. The van der Waals surface area contributed by atoms with Crippen molar-refractivity contribution in [3.63, 3.8) is 0 Å². The SMILES string of the molecule is CC(=O)N[C@H]1[C@H](O[C@@H]([C@H](O)[C@H](CO)NC(C)=O)[C@H](O)CO)O[C@H](CO)[C@@H](O[C@@H]2O[C@H](CO[C@H]3O[C@H](CO)[C@@H](O)[C@H](O)[C@@H]3O[C@@H]3O[C@H](CO)[C@@H](O)[C@H](O)[C@H]3NC(C)=O)[C@@H](O[C@@H]3O[C@H](CO)[C@@H](O)[C@H](O)[C@H]3NC(C)=O)[C@H](O[C@H]3O[C@H](CO)[C@@H](O)[C@H](O)[C@@H]3O[C@@H]3O[C@H](CO)[C@@H](O)[C@H](O)[C@H]3NC(C)=O)[C@@H]2O)[C@@H]1O. The van der Waals surface area contributed by atoms with Crippen LogP contribution in [0.4, 0.5) is 0 Å². The van der Waals surface area contributed by atoms with E-state index in [1.54, 1.807) is 0 Å². The highest BCUT2D eigenvalue weighted by Crippen LogP contribution is 2.40. The Balaban J connectivity index is 1.41. The molecule has 0 aromatic rings. The van der Waals surface area contributed by atoms with Crippen molar-refractivity contribution < 1.29 is 203 Å². The van der Waals surface area contributed by atoms with Crippen LogP contribution in [0, 0.1) is 0 Å². The number of aliphatic hydroxyl groups is 22. The topological polar surface area (TPSA) is 720 Å². The Bertz CT molecular complexity index is 2710. The maximum absolute atomic E-state index is 13.1. The van der Waals surface area contributed by atoms with Crippen molar-refractivity contribution >= 4 is 29.5 Å². The Morgan fingerprint density at radius 3 is 1.03 bits per heavy atom. The van der Waals surface area contributed by atoms with E-state index in [2.05, 4.69) is 26.6 Å². The fourth-order valence-corrected chi connectivity index (χ4v) is 13.0. The molecule has 7 saturated heterocycles. The summed E-state index contributed by atoms with van der Waals surface area (Å²) < 4.78 is 85.5. The van der Waals surface area contributed by atoms with E-state index < -0.39 is 328 Å². The lowest BCUT2D eigenvalue weighted by atomic mass is 9.93. The van der Waals surface area contributed by atoms with Gasteiger partial charge in [0.05, 0.1) is 65.5 Å². The molecule has 7 aliphatic rings. The molecule has 602 valence electrons. The molecule has 46 nitrogen and oxygen atoms in total. The fourth-order valence-electron chi connectivity index (χ4n) is 13.0. The summed E-state index contributed by atoms with van der Waals surface area (Å²) in [5, 5.41) is 256. The molecule has 7 aliphatic heterocycles. The molecule has 0 aromatic heterocycles. The molecular weight excluding hydrogens is 1420 g/mol. The number of nitrogens with one attached hydrogen (secondary N) is 5. The van der Waals surface area contributed by atoms with Gasteiger partial charge >= 0.3 is 0 Å². The van der Waals surface area contributed by atoms with Crippen molar-refractivity contribution in [2.45, 2.75) is 274 Å². The van der Waals surface area contributed by atoms with Gasteiger partial charge in [0.15, 0.2) is 44.0 Å². The Labute approximate surface area is 590 Å². The van der Waals surface area contributed by atoms with Crippen LogP contribution in [0.1, 0.15) is 34.6 Å². The number of carbonyl (C=O) groups excluding carboxylic acids is 5. The maximum Gasteiger partial charge on any atom is 0.217 e. The number of aliphatic hydroxyl groups excluding tert-OH is 22. The first-order valence-electron chi connectivity index (χ1n) is 33.0. The van der Waals surface area contributed by atoms with E-state index in [0.29, 0.717) is 0 Å². The van der Waals surface area contributed by atoms with E-state index in [1.807, 2.05) is 0 Å². The maximum atomic E-state index is 13.1. The minimum absolute atomic E-state index is 0.813. The van der Waals surface area contributed by atoms with Crippen LogP contribution in [0.5, 0.6) is 0 Å². The predicted octanol–water partition coefficient (Wildman–Crippen LogP) is -18.1. The highest BCUT2D eigenvalue weighted by atomic mass is 16.8. The molecule has 0 radical (unpaired) electrons. The molecule has 39 atom stereocenters. The van der Waals surface area contributed by atoms with E-state index >= 15 is 0 Å². The standard InChI is InChI=1S/C58H99N5O41/c1-15(72)59-20(6-64)33(78)46(21(77)7-65)99-55-32(63-19(5)76)42(87)47(27(13-71)97-55)100-56-45(90)49(102-58-51(44(89)38(83)26(12-70)96-58)104-54-31(62-18(4)75)41(86)36(81)24(10-68)94-54)48(101-52-29(60-16(2)73)39(84)34(79)22(8-66)92-52)28(98-56)14-91-57-50(43(88)37(82)25(11-69)95-57)103-53-30(61-17(3)74)40(85)35(80)23(9-67)93-53/h20-58,64-71,77-90H,6-14H2,1-5H3,(H,59,72)(H,60,73)(H,61,74)(H,62,75)(H,63,76)/t20-,21+,22+,23+,24+,25+,26+,27+,28+,29+,30+,31+,32+,33+,34+,35+,36+,37+,38+,39+,40+,41+,42+,43-,44-,45-,46+,47+,48+,49+,50-,51-,52-,53-,54-,55-,56-,57-,58+/m0/s1. The Kier molecular flexibility index (Phi) is 32.7. The molecule has 104 heavy (non-hydrogen) atoms.